The second kappa shape index (κ2) is 46.8. The number of nitro benzene ring substituents is 1. The highest BCUT2D eigenvalue weighted by Crippen LogP contribution is 2.42. The van der Waals surface area contributed by atoms with Gasteiger partial charge in [-0.1, -0.05) is 22.6 Å². The highest BCUT2D eigenvalue weighted by atomic mass is 127. The number of nitrogen functional groups attached to an aromatic ring is 1. The van der Waals surface area contributed by atoms with Gasteiger partial charge in [-0.15, -0.1) is 70.6 Å². The summed E-state index contributed by atoms with van der Waals surface area (Å²) in [5, 5.41) is 72.8. The lowest BCUT2D eigenvalue weighted by molar-refractivity contribution is -0.386. The van der Waals surface area contributed by atoms with E-state index in [0.717, 1.165) is 63.8 Å². The molecule has 6 aliphatic rings. The van der Waals surface area contributed by atoms with Crippen LogP contribution in [0.25, 0.3) is 0 Å². The number of alkyl halides is 1. The van der Waals surface area contributed by atoms with Crippen LogP contribution in [-0.2, 0) is 67.7 Å². The van der Waals surface area contributed by atoms with E-state index in [1.165, 1.54) is 59.6 Å². The Morgan fingerprint density at radius 3 is 1.01 bits per heavy atom. The molecule has 6 heterocycles. The molecule has 0 spiro atoms. The van der Waals surface area contributed by atoms with Crippen LogP contribution in [-0.4, -0.2) is 220 Å². The molecule has 6 aromatic carbocycles. The minimum absolute atomic E-state index is 0.0436. The number of carbonyl (C=O) groups excluding carboxylic acids is 7. The second-order valence-electron chi connectivity index (χ2n) is 35.1. The van der Waals surface area contributed by atoms with Crippen LogP contribution in [0.2, 0.25) is 0 Å². The number of thioether (sulfide) groups is 6. The number of fused-ring (bicyclic) bond motifs is 6. The molecule has 0 aliphatic carbocycles. The van der Waals surface area contributed by atoms with Crippen molar-refractivity contribution in [2.75, 3.05) is 84.4 Å². The number of hydrogen-bond donors (Lipinski definition) is 8. The summed E-state index contributed by atoms with van der Waals surface area (Å²) in [6, 6.07) is 20.6. The number of benzene rings is 6. The normalized spacial score (nSPS) is 15.0. The maximum atomic E-state index is 13.3. The summed E-state index contributed by atoms with van der Waals surface area (Å²) < 4.78 is 45.6. The molecule has 6 aromatic rings. The number of aromatic hydroxyl groups is 6. The van der Waals surface area contributed by atoms with Gasteiger partial charge < -0.3 is 94.2 Å². The number of amides is 6. The molecule has 0 radical (unpaired) electrons. The number of phenolic OH excluding ortho intramolecular Hbond substituents is 6. The molecular formula is C87H118FIN11O21S6+. The van der Waals surface area contributed by atoms with E-state index < -0.39 is 68.0 Å². The van der Waals surface area contributed by atoms with Crippen molar-refractivity contribution >= 4 is 153 Å². The number of carbonyl (C=O) groups is 7. The first kappa shape index (κ1) is 106. The van der Waals surface area contributed by atoms with Gasteiger partial charge in [0.15, 0.2) is 33.9 Å². The Kier molecular flexibility index (Phi) is 39.2. The zero-order valence-electron chi connectivity index (χ0n) is 75.3. The molecule has 0 bridgehead atoms. The Balaban J connectivity index is 0.000000234. The van der Waals surface area contributed by atoms with E-state index in [1.54, 1.807) is 141 Å². The minimum Gasteiger partial charge on any atom is -0.508 e. The molecule has 6 amide bonds. The van der Waals surface area contributed by atoms with Crippen molar-refractivity contribution in [3.8, 4) is 34.5 Å². The molecule has 0 unspecified atom stereocenters. The number of nitrogens with zero attached hydrogens (tertiary/aromatic N) is 9. The highest BCUT2D eigenvalue weighted by Gasteiger charge is 2.34. The Morgan fingerprint density at radius 2 is 0.685 bits per heavy atom. The Labute approximate surface area is 780 Å². The van der Waals surface area contributed by atoms with Crippen molar-refractivity contribution in [3.05, 3.63) is 134 Å². The third-order valence-electron chi connectivity index (χ3n) is 17.4. The first-order chi connectivity index (χ1) is 59.0. The molecule has 40 heteroatoms. The average molecular weight is 1990 g/mol. The number of ether oxygens (including phenoxy) is 6. The summed E-state index contributed by atoms with van der Waals surface area (Å²) in [7, 11) is 0. The van der Waals surface area contributed by atoms with Crippen molar-refractivity contribution < 1.29 is 102 Å². The number of nitrogens with two attached hydrogens (primary N) is 1. The number of halogens is 2. The number of rotatable bonds is 3. The summed E-state index contributed by atoms with van der Waals surface area (Å²) in [5.74, 6) is 2.89. The molecular weight excluding hydrogens is 1870 g/mol. The van der Waals surface area contributed by atoms with E-state index in [-0.39, 0.29) is 71.1 Å². The second-order valence-corrected chi connectivity index (χ2v) is 41.9. The van der Waals surface area contributed by atoms with Crippen molar-refractivity contribution in [1.29, 1.82) is 5.53 Å². The lowest BCUT2D eigenvalue weighted by Crippen LogP contribution is -2.37. The lowest BCUT2D eigenvalue weighted by atomic mass is 10.1. The predicted octanol–water partition coefficient (Wildman–Crippen LogP) is 20.5. The lowest BCUT2D eigenvalue weighted by Gasteiger charge is -2.26. The molecule has 12 rings (SSSR count). The van der Waals surface area contributed by atoms with E-state index in [0.29, 0.717) is 117 Å². The standard InChI is InChI=1S/C16H21NO4S.C14H18FNO3S.C14H18N4O3S.C14H18N2O5S.C14H20N2O3S.C14H19NO3S.CH3I/c1-10(18)12-8-14-11(7-13(12)19)9-17(5-6-22-14)15(20)21-16(2,3)4;1-14(2,3)19-13(18)16-4-5-20-12-7-10(15)11(17)6-9(12)8-16;1-14(2,3)21-13(20)18-4-5-22-12-7-10(16-17-15)11(19)6-9(12)8-18;1-14(2,3)21-13(18)15-4-5-22-12-7-10(16(19)20)11(17)6-9(12)8-15;1-14(2,3)19-13(18)16-4-5-20-12-7-10(15)11(17)6-9(12)8-16;1-14(2,3)18-13(17)15-6-7-19-12-5-4-11(16)8-10(12)9-15;1-2/h7-8,19H,5-6,9H2,1-4H3;6-7,17H,4-5,8H2,1-3H3;6-7,15H,4-5,8H2,1-3H3;6-7,17H,4-5,8H2,1-3H3;6-7,17H,4-5,8,15H2,1-3H3;4-5,8,16H,6-7,9H2,1-3H3;1H3/p+1. The number of nitro groups is 1. The highest BCUT2D eigenvalue weighted by molar-refractivity contribution is 14.1. The van der Waals surface area contributed by atoms with Crippen molar-refractivity contribution in [2.45, 2.75) is 234 Å². The Morgan fingerprint density at radius 1 is 0.409 bits per heavy atom. The van der Waals surface area contributed by atoms with Gasteiger partial charge in [0.05, 0.1) is 55.4 Å². The molecule has 0 fully saturated rings. The predicted molar refractivity (Wildman–Crippen MR) is 501 cm³/mol. The van der Waals surface area contributed by atoms with Crippen LogP contribution in [0.1, 0.15) is 175 Å². The van der Waals surface area contributed by atoms with E-state index in [4.69, 9.17) is 39.7 Å². The monoisotopic (exact) mass is 1990 g/mol. The van der Waals surface area contributed by atoms with Gasteiger partial charge >= 0.3 is 42.2 Å². The molecule has 127 heavy (non-hydrogen) atoms. The Hall–Kier alpha value is -9.32. The van der Waals surface area contributed by atoms with Gasteiger partial charge in [0, 0.05) is 109 Å². The van der Waals surface area contributed by atoms with Crippen LogP contribution in [0.5, 0.6) is 34.5 Å². The molecule has 0 aromatic heterocycles. The first-order valence-corrected chi connectivity index (χ1v) is 48.4. The average Bonchev–Trinajstić information content (AvgIpc) is 1.82. The number of phenols is 6. The number of ketones is 1. The summed E-state index contributed by atoms with van der Waals surface area (Å²) in [4.78, 5) is 115. The maximum absolute atomic E-state index is 13.3. The number of hydrogen-bond acceptors (Lipinski definition) is 30. The van der Waals surface area contributed by atoms with Gasteiger partial charge in [0.25, 0.3) is 0 Å². The molecule has 0 saturated heterocycles. The van der Waals surface area contributed by atoms with Gasteiger partial charge in [-0.2, -0.15) is 0 Å². The number of Topliss-reactive ketones (excluding diaryl/α,β-unsaturated/α-hetero) is 1. The van der Waals surface area contributed by atoms with Gasteiger partial charge in [0.1, 0.15) is 62.1 Å². The van der Waals surface area contributed by atoms with Crippen molar-refractivity contribution in [3.63, 3.8) is 0 Å². The van der Waals surface area contributed by atoms with Crippen molar-refractivity contribution in [2.24, 2.45) is 5.11 Å². The topological polar surface area (TPSA) is 435 Å². The molecule has 6 aliphatic heterocycles. The van der Waals surface area contributed by atoms with Gasteiger partial charge in [0.2, 0.25) is 4.91 Å². The van der Waals surface area contributed by atoms with E-state index in [9.17, 15) is 78.7 Å². The largest absolute Gasteiger partial charge is 0.508 e. The van der Waals surface area contributed by atoms with Crippen LogP contribution in [0.15, 0.2) is 113 Å². The molecule has 32 nitrogen and oxygen atoms in total. The Bertz CT molecular complexity index is 4640. The van der Waals surface area contributed by atoms with Crippen molar-refractivity contribution in [1.82, 2.24) is 34.3 Å². The smallest absolute Gasteiger partial charge is 0.410 e. The van der Waals surface area contributed by atoms with Crippen LogP contribution in [0, 0.1) is 21.5 Å². The van der Waals surface area contributed by atoms with Gasteiger partial charge in [-0.3, -0.25) is 14.9 Å². The van der Waals surface area contributed by atoms with Crippen LogP contribution >= 0.6 is 93.2 Å². The quantitative estimate of drug-likeness (QED) is 0.00779. The zero-order valence-corrected chi connectivity index (χ0v) is 82.4. The summed E-state index contributed by atoms with van der Waals surface area (Å²) in [6.07, 6.45) is -2.19. The third kappa shape index (κ3) is 35.2. The van der Waals surface area contributed by atoms with Gasteiger partial charge in [-0.25, -0.2) is 33.2 Å². The minimum atomic E-state index is -0.637. The first-order valence-electron chi connectivity index (χ1n) is 40.3. The zero-order chi connectivity index (χ0) is 95.2. The molecule has 696 valence electrons. The third-order valence-corrected chi connectivity index (χ3v) is 23.9. The van der Waals surface area contributed by atoms with E-state index in [2.05, 4.69) is 32.6 Å². The fourth-order valence-electron chi connectivity index (χ4n) is 11.9. The fourth-order valence-corrected chi connectivity index (χ4v) is 18.1. The van der Waals surface area contributed by atoms with Gasteiger partial charge in [-0.05, 0) is 243 Å². The summed E-state index contributed by atoms with van der Waals surface area (Å²) in [5.41, 5.74) is 14.8. The summed E-state index contributed by atoms with van der Waals surface area (Å²) in [6.45, 7) is 39.9. The molecule has 0 atom stereocenters. The molecule has 0 saturated carbocycles. The fraction of sp³-hybridized carbons (Fsp3) is 0.506. The summed E-state index contributed by atoms with van der Waals surface area (Å²) >= 11 is 11.5. The molecule has 9 N–H and O–H groups in total. The van der Waals surface area contributed by atoms with E-state index in [1.807, 2.05) is 115 Å². The van der Waals surface area contributed by atoms with Crippen LogP contribution in [0.4, 0.5) is 50.2 Å². The SMILES string of the molecule is CC(=O)c1cc2c(cc1O)CN(C(=O)OC(C)(C)C)CCS2.CC(C)(C)OC(=O)N1CCSc2cc(F)c(O)cc2C1.CC(C)(C)OC(=O)N1CCSc2cc(N)c(O)cc2C1.CC(C)(C)OC(=O)N1CCSc2cc(N=[N+]=N)c(O)cc2C1.CC(C)(C)OC(=O)N1CCSc2cc([N+](=O)[O-])c(O)cc2C1.CC(C)(C)OC(=O)N1CCSc2ccc(O)cc2C1.CI. The van der Waals surface area contributed by atoms with Crippen LogP contribution < -0.4 is 10.6 Å². The number of anilines is 1. The number of nitrogens with one attached hydrogen (secondary N) is 1. The maximum Gasteiger partial charge on any atom is 0.410 e. The van der Waals surface area contributed by atoms with E-state index >= 15 is 0 Å². The van der Waals surface area contributed by atoms with Crippen LogP contribution in [0.3, 0.4) is 0 Å².